The summed E-state index contributed by atoms with van der Waals surface area (Å²) in [6.07, 6.45) is 3.42. The van der Waals surface area contributed by atoms with Crippen molar-refractivity contribution >= 4 is 35.6 Å². The van der Waals surface area contributed by atoms with E-state index in [1.807, 2.05) is 0 Å². The molecular weight excluding hydrogens is 434 g/mol. The number of nitrogens with zero attached hydrogens (tertiary/aromatic N) is 3. The molecule has 0 bridgehead atoms. The maximum atomic E-state index is 13.8. The van der Waals surface area contributed by atoms with Gasteiger partial charge in [0, 0.05) is 18.8 Å². The van der Waals surface area contributed by atoms with E-state index in [1.54, 1.807) is 42.3 Å². The van der Waals surface area contributed by atoms with Crippen LogP contribution in [0.25, 0.3) is 0 Å². The SMILES string of the molecule is COC(=O)[C@H]1CS[C@@H]2CC[C@]3(CCCN3C(=O)[C@@H]3CCCN3C(=O)OC(C)(C)C)C(=O)N12. The first-order valence-corrected chi connectivity index (χ1v) is 12.5. The Morgan fingerprint density at radius 3 is 2.50 bits per heavy atom. The fourth-order valence-corrected chi connectivity index (χ4v) is 6.90. The molecule has 0 radical (unpaired) electrons. The van der Waals surface area contributed by atoms with E-state index in [-0.39, 0.29) is 17.2 Å². The molecule has 9 nitrogen and oxygen atoms in total. The van der Waals surface area contributed by atoms with Crippen LogP contribution in [0.5, 0.6) is 0 Å². The normalized spacial score (nSPS) is 32.4. The van der Waals surface area contributed by atoms with Gasteiger partial charge in [-0.25, -0.2) is 9.59 Å². The van der Waals surface area contributed by atoms with E-state index in [9.17, 15) is 19.2 Å². The van der Waals surface area contributed by atoms with Crippen molar-refractivity contribution in [1.29, 1.82) is 0 Å². The van der Waals surface area contributed by atoms with Crippen LogP contribution in [-0.4, -0.2) is 93.1 Å². The third-order valence-electron chi connectivity index (χ3n) is 6.92. The Labute approximate surface area is 193 Å². The number of methoxy groups -OCH3 is 1. The summed E-state index contributed by atoms with van der Waals surface area (Å²) >= 11 is 1.60. The van der Waals surface area contributed by atoms with Crippen molar-refractivity contribution in [2.45, 2.75) is 87.9 Å². The molecule has 3 amide bonds. The number of likely N-dealkylation sites (tertiary alicyclic amines) is 2. The van der Waals surface area contributed by atoms with Crippen molar-refractivity contribution in [3.8, 4) is 0 Å². The Balaban J connectivity index is 1.56. The minimum Gasteiger partial charge on any atom is -0.467 e. The lowest BCUT2D eigenvalue weighted by molar-refractivity contribution is -0.164. The number of hydrogen-bond donors (Lipinski definition) is 0. The molecule has 4 fully saturated rings. The number of hydrogen-bond acceptors (Lipinski definition) is 7. The van der Waals surface area contributed by atoms with Crippen molar-refractivity contribution in [3.63, 3.8) is 0 Å². The van der Waals surface area contributed by atoms with E-state index in [0.717, 1.165) is 19.3 Å². The number of rotatable bonds is 2. The Bertz CT molecular complexity index is 814. The van der Waals surface area contributed by atoms with E-state index in [2.05, 4.69) is 0 Å². The molecule has 1 spiro atoms. The molecule has 4 rings (SSSR count). The van der Waals surface area contributed by atoms with Crippen molar-refractivity contribution < 1.29 is 28.7 Å². The van der Waals surface area contributed by atoms with Gasteiger partial charge in [-0.05, 0) is 59.3 Å². The molecule has 0 N–H and O–H groups in total. The molecule has 4 atom stereocenters. The summed E-state index contributed by atoms with van der Waals surface area (Å²) in [5.74, 6) is -0.226. The van der Waals surface area contributed by atoms with E-state index >= 15 is 0 Å². The van der Waals surface area contributed by atoms with Crippen LogP contribution < -0.4 is 0 Å². The number of carbonyl (C=O) groups excluding carboxylic acids is 4. The van der Waals surface area contributed by atoms with Gasteiger partial charge in [0.2, 0.25) is 11.8 Å². The minimum atomic E-state index is -0.938. The molecule has 4 aliphatic rings. The second-order valence-electron chi connectivity index (χ2n) is 10.0. The summed E-state index contributed by atoms with van der Waals surface area (Å²) in [4.78, 5) is 57.4. The first kappa shape index (κ1) is 23.2. The van der Waals surface area contributed by atoms with Crippen LogP contribution >= 0.6 is 11.8 Å². The van der Waals surface area contributed by atoms with Gasteiger partial charge < -0.3 is 19.3 Å². The molecule has 0 unspecified atom stereocenters. The zero-order chi connectivity index (χ0) is 23.3. The number of fused-ring (bicyclic) bond motifs is 1. The van der Waals surface area contributed by atoms with Crippen molar-refractivity contribution in [3.05, 3.63) is 0 Å². The Morgan fingerprint density at radius 1 is 1.06 bits per heavy atom. The average Bonchev–Trinajstić information content (AvgIpc) is 3.47. The Morgan fingerprint density at radius 2 is 1.81 bits per heavy atom. The van der Waals surface area contributed by atoms with Gasteiger partial charge in [0.05, 0.1) is 12.5 Å². The molecule has 0 saturated carbocycles. The third-order valence-corrected chi connectivity index (χ3v) is 8.28. The zero-order valence-corrected chi connectivity index (χ0v) is 20.1. The van der Waals surface area contributed by atoms with Crippen LogP contribution in [0.3, 0.4) is 0 Å². The predicted molar refractivity (Wildman–Crippen MR) is 118 cm³/mol. The number of amides is 3. The van der Waals surface area contributed by atoms with Crippen LogP contribution in [0, 0.1) is 0 Å². The molecule has 4 heterocycles. The van der Waals surface area contributed by atoms with E-state index < -0.39 is 35.3 Å². The van der Waals surface area contributed by atoms with Crippen molar-refractivity contribution in [1.82, 2.24) is 14.7 Å². The van der Waals surface area contributed by atoms with Crippen molar-refractivity contribution in [2.75, 3.05) is 26.0 Å². The summed E-state index contributed by atoms with van der Waals surface area (Å²) in [7, 11) is 1.33. The van der Waals surface area contributed by atoms with Crippen LogP contribution in [0.2, 0.25) is 0 Å². The molecule has 4 saturated heterocycles. The number of carbonyl (C=O) groups is 4. The second-order valence-corrected chi connectivity index (χ2v) is 11.2. The fraction of sp³-hybridized carbons (Fsp3) is 0.818. The molecule has 178 valence electrons. The highest BCUT2D eigenvalue weighted by Gasteiger charge is 2.59. The third kappa shape index (κ3) is 3.84. The van der Waals surface area contributed by atoms with Gasteiger partial charge in [0.25, 0.3) is 0 Å². The van der Waals surface area contributed by atoms with Crippen LogP contribution in [0.15, 0.2) is 0 Å². The van der Waals surface area contributed by atoms with E-state index in [0.29, 0.717) is 38.1 Å². The minimum absolute atomic E-state index is 0.0560. The average molecular weight is 468 g/mol. The molecule has 10 heteroatoms. The van der Waals surface area contributed by atoms with Gasteiger partial charge in [-0.2, -0.15) is 0 Å². The van der Waals surface area contributed by atoms with Crippen LogP contribution in [0.1, 0.15) is 59.3 Å². The van der Waals surface area contributed by atoms with Gasteiger partial charge in [0.15, 0.2) is 0 Å². The van der Waals surface area contributed by atoms with Crippen LogP contribution in [-0.2, 0) is 23.9 Å². The van der Waals surface area contributed by atoms with Gasteiger partial charge >= 0.3 is 12.1 Å². The lowest BCUT2D eigenvalue weighted by Crippen LogP contribution is -2.66. The van der Waals surface area contributed by atoms with Crippen LogP contribution in [0.4, 0.5) is 4.79 Å². The maximum absolute atomic E-state index is 13.8. The zero-order valence-electron chi connectivity index (χ0n) is 19.3. The number of thioether (sulfide) groups is 1. The molecule has 0 aromatic rings. The van der Waals surface area contributed by atoms with E-state index in [4.69, 9.17) is 9.47 Å². The molecule has 0 aliphatic carbocycles. The summed E-state index contributed by atoms with van der Waals surface area (Å²) in [6, 6.07) is -1.23. The van der Waals surface area contributed by atoms with Gasteiger partial charge in [-0.3, -0.25) is 14.5 Å². The quantitative estimate of drug-likeness (QED) is 0.573. The Hall–Kier alpha value is -1.97. The van der Waals surface area contributed by atoms with Crippen molar-refractivity contribution in [2.24, 2.45) is 0 Å². The van der Waals surface area contributed by atoms with Gasteiger partial charge in [0.1, 0.15) is 23.2 Å². The topological polar surface area (TPSA) is 96.5 Å². The molecule has 0 aromatic heterocycles. The lowest BCUT2D eigenvalue weighted by atomic mass is 9.84. The lowest BCUT2D eigenvalue weighted by Gasteiger charge is -2.47. The summed E-state index contributed by atoms with van der Waals surface area (Å²) in [5, 5.41) is -0.0560. The summed E-state index contributed by atoms with van der Waals surface area (Å²) in [6.45, 7) is 6.36. The monoisotopic (exact) mass is 467 g/mol. The standard InChI is InChI=1S/C22H33N3O6S/c1-21(2,3)31-20(29)23-11-5-7-14(23)17(26)24-12-6-9-22(24)10-8-16-25(19(22)28)15(13-32-16)18(27)30-4/h14-16H,5-13H2,1-4H3/t14-,15+,16+,22+/m0/s1. The maximum Gasteiger partial charge on any atom is 0.410 e. The second kappa shape index (κ2) is 8.43. The summed E-state index contributed by atoms with van der Waals surface area (Å²) in [5.41, 5.74) is -1.58. The number of piperidine rings is 1. The molecular formula is C22H33N3O6S. The van der Waals surface area contributed by atoms with E-state index in [1.165, 1.54) is 12.0 Å². The first-order valence-electron chi connectivity index (χ1n) is 11.4. The van der Waals surface area contributed by atoms with Gasteiger partial charge in [-0.1, -0.05) is 0 Å². The number of esters is 1. The highest BCUT2D eigenvalue weighted by atomic mass is 32.2. The summed E-state index contributed by atoms with van der Waals surface area (Å²) < 4.78 is 10.5. The molecule has 32 heavy (non-hydrogen) atoms. The Kier molecular flexibility index (Phi) is 6.11. The predicted octanol–water partition coefficient (Wildman–Crippen LogP) is 1.98. The largest absolute Gasteiger partial charge is 0.467 e. The molecule has 4 aliphatic heterocycles. The first-order chi connectivity index (χ1) is 15.1. The highest BCUT2D eigenvalue weighted by molar-refractivity contribution is 8.00. The highest BCUT2D eigenvalue weighted by Crippen LogP contribution is 2.47. The fourth-order valence-electron chi connectivity index (χ4n) is 5.51. The molecule has 0 aromatic carbocycles. The smallest absolute Gasteiger partial charge is 0.410 e. The number of ether oxygens (including phenoxy) is 2. The van der Waals surface area contributed by atoms with Gasteiger partial charge in [-0.15, -0.1) is 11.8 Å².